The van der Waals surface area contributed by atoms with E-state index in [1.807, 2.05) is 42.6 Å². The fourth-order valence-electron chi connectivity index (χ4n) is 3.33. The highest BCUT2D eigenvalue weighted by atomic mass is 32.2. The molecule has 0 saturated carbocycles. The lowest BCUT2D eigenvalue weighted by Gasteiger charge is -2.12. The monoisotopic (exact) mass is 424 g/mol. The molecule has 1 N–H and O–H groups in total. The fraction of sp³-hybridized carbons (Fsp3) is 0.211. The van der Waals surface area contributed by atoms with Gasteiger partial charge in [0.25, 0.3) is 5.56 Å². The summed E-state index contributed by atoms with van der Waals surface area (Å²) in [5, 5.41) is 10.7. The number of benzene rings is 1. The van der Waals surface area contributed by atoms with E-state index in [4.69, 9.17) is 0 Å². The van der Waals surface area contributed by atoms with E-state index >= 15 is 0 Å². The van der Waals surface area contributed by atoms with Gasteiger partial charge in [0.2, 0.25) is 5.91 Å². The van der Waals surface area contributed by atoms with E-state index in [0.717, 1.165) is 11.4 Å². The number of hydrogen-bond donors (Lipinski definition) is 1. The topological polar surface area (TPSA) is 94.7 Å². The van der Waals surface area contributed by atoms with E-state index in [0.29, 0.717) is 27.1 Å². The minimum atomic E-state index is -0.250. The molecule has 0 aliphatic carbocycles. The van der Waals surface area contributed by atoms with Gasteiger partial charge in [-0.25, -0.2) is 14.6 Å². The molecule has 1 aliphatic heterocycles. The van der Waals surface area contributed by atoms with Gasteiger partial charge in [-0.1, -0.05) is 30.0 Å². The van der Waals surface area contributed by atoms with Gasteiger partial charge < -0.3 is 5.32 Å². The summed E-state index contributed by atoms with van der Waals surface area (Å²) in [5.41, 5.74) is 2.07. The molecule has 0 saturated heterocycles. The second-order valence-corrected chi connectivity index (χ2v) is 8.56. The van der Waals surface area contributed by atoms with Crippen LogP contribution in [0.2, 0.25) is 0 Å². The fourth-order valence-corrected chi connectivity index (χ4v) is 5.17. The smallest absolute Gasteiger partial charge is 0.265 e. The summed E-state index contributed by atoms with van der Waals surface area (Å²) in [4.78, 5) is 34.5. The zero-order valence-corrected chi connectivity index (χ0v) is 17.0. The summed E-state index contributed by atoms with van der Waals surface area (Å²) in [6.07, 6.45) is 1.74. The summed E-state index contributed by atoms with van der Waals surface area (Å²) in [5.74, 6) is 0.461. The molecular weight excluding hydrogens is 408 g/mol. The number of rotatable bonds is 4. The van der Waals surface area contributed by atoms with Crippen molar-refractivity contribution in [3.8, 4) is 5.69 Å². The normalized spacial score (nSPS) is 15.6. The van der Waals surface area contributed by atoms with Crippen molar-refractivity contribution < 1.29 is 4.79 Å². The van der Waals surface area contributed by atoms with E-state index in [-0.39, 0.29) is 23.9 Å². The number of fused-ring (bicyclic) bond motifs is 2. The Balaban J connectivity index is 1.46. The highest BCUT2D eigenvalue weighted by Gasteiger charge is 2.29. The van der Waals surface area contributed by atoms with Crippen LogP contribution in [0.25, 0.3) is 16.7 Å². The van der Waals surface area contributed by atoms with E-state index in [9.17, 15) is 9.59 Å². The largest absolute Gasteiger partial charge is 0.302 e. The van der Waals surface area contributed by atoms with Crippen molar-refractivity contribution in [1.29, 1.82) is 0 Å². The van der Waals surface area contributed by atoms with Gasteiger partial charge in [-0.2, -0.15) is 5.10 Å². The third-order valence-electron chi connectivity index (χ3n) is 4.66. The molecule has 1 amide bonds. The van der Waals surface area contributed by atoms with Crippen LogP contribution in [0.3, 0.4) is 0 Å². The quantitative estimate of drug-likeness (QED) is 0.506. The standard InChI is InChI=1S/C19H16N6O2S2/c1-11-9-28-18(21-11)22-15(26)7-13-10-29-19-23-16-14(17(27)24(13)19)8-20-25(16)12-5-3-2-4-6-12/h2-6,8-9,13H,7,10H2,1H3,(H,21,22,26). The Bertz CT molecular complexity index is 1280. The Labute approximate surface area is 173 Å². The van der Waals surface area contributed by atoms with Gasteiger partial charge in [-0.3, -0.25) is 14.2 Å². The van der Waals surface area contributed by atoms with Crippen molar-refractivity contribution in [1.82, 2.24) is 24.3 Å². The molecule has 1 unspecified atom stereocenters. The maximum Gasteiger partial charge on any atom is 0.265 e. The predicted octanol–water partition coefficient (Wildman–Crippen LogP) is 3.02. The van der Waals surface area contributed by atoms with Crippen molar-refractivity contribution in [2.75, 3.05) is 11.1 Å². The molecular formula is C19H16N6O2S2. The van der Waals surface area contributed by atoms with Gasteiger partial charge in [0.15, 0.2) is 15.9 Å². The van der Waals surface area contributed by atoms with E-state index in [1.54, 1.807) is 15.4 Å². The number of amides is 1. The number of anilines is 1. The molecule has 5 rings (SSSR count). The second kappa shape index (κ2) is 7.12. The highest BCUT2D eigenvalue weighted by Crippen LogP contribution is 2.33. The summed E-state index contributed by atoms with van der Waals surface area (Å²) < 4.78 is 3.29. The highest BCUT2D eigenvalue weighted by molar-refractivity contribution is 7.99. The SMILES string of the molecule is Cc1csc(NC(=O)CC2CSc3nc4c(cnn4-c4ccccc4)c(=O)n32)n1. The lowest BCUT2D eigenvalue weighted by Crippen LogP contribution is -2.27. The number of nitrogens with one attached hydrogen (secondary N) is 1. The van der Waals surface area contributed by atoms with Gasteiger partial charge in [0.1, 0.15) is 5.39 Å². The van der Waals surface area contributed by atoms with Gasteiger partial charge in [-0.05, 0) is 19.1 Å². The Hall–Kier alpha value is -2.98. The summed E-state index contributed by atoms with van der Waals surface area (Å²) in [6.45, 7) is 1.88. The second-order valence-electron chi connectivity index (χ2n) is 6.71. The number of nitrogens with zero attached hydrogens (tertiary/aromatic N) is 5. The summed E-state index contributed by atoms with van der Waals surface area (Å²) >= 11 is 2.87. The number of thioether (sulfide) groups is 1. The molecule has 146 valence electrons. The first-order valence-electron chi connectivity index (χ1n) is 9.00. The number of thiazole rings is 1. The summed E-state index contributed by atoms with van der Waals surface area (Å²) in [6, 6.07) is 9.33. The molecule has 0 fully saturated rings. The number of carbonyl (C=O) groups is 1. The van der Waals surface area contributed by atoms with E-state index < -0.39 is 0 Å². The van der Waals surface area contributed by atoms with Gasteiger partial charge >= 0.3 is 0 Å². The number of carbonyl (C=O) groups excluding carboxylic acids is 1. The van der Waals surface area contributed by atoms with Crippen molar-refractivity contribution in [3.63, 3.8) is 0 Å². The Morgan fingerprint density at radius 3 is 2.86 bits per heavy atom. The van der Waals surface area contributed by atoms with Crippen LogP contribution in [0.5, 0.6) is 0 Å². The minimum Gasteiger partial charge on any atom is -0.302 e. The lowest BCUT2D eigenvalue weighted by atomic mass is 10.2. The molecule has 0 bridgehead atoms. The first-order valence-corrected chi connectivity index (χ1v) is 10.9. The number of aryl methyl sites for hydroxylation is 1. The van der Waals surface area contributed by atoms with Crippen molar-refractivity contribution in [2.24, 2.45) is 0 Å². The van der Waals surface area contributed by atoms with Crippen molar-refractivity contribution >= 4 is 45.2 Å². The maximum absolute atomic E-state index is 13.1. The van der Waals surface area contributed by atoms with Crippen LogP contribution in [0.15, 0.2) is 51.9 Å². The van der Waals surface area contributed by atoms with Crippen molar-refractivity contribution in [2.45, 2.75) is 24.5 Å². The van der Waals surface area contributed by atoms with Crippen LogP contribution in [-0.4, -0.2) is 36.0 Å². The first-order chi connectivity index (χ1) is 14.1. The third kappa shape index (κ3) is 3.23. The van der Waals surface area contributed by atoms with Crippen LogP contribution >= 0.6 is 23.1 Å². The van der Waals surface area contributed by atoms with Crippen LogP contribution in [0.1, 0.15) is 18.2 Å². The van der Waals surface area contributed by atoms with Gasteiger partial charge in [-0.15, -0.1) is 11.3 Å². The molecule has 1 aliphatic rings. The molecule has 4 aromatic rings. The molecule has 29 heavy (non-hydrogen) atoms. The zero-order valence-electron chi connectivity index (χ0n) is 15.4. The van der Waals surface area contributed by atoms with Gasteiger partial charge in [0.05, 0.1) is 23.6 Å². The van der Waals surface area contributed by atoms with Crippen LogP contribution in [0.4, 0.5) is 5.13 Å². The Morgan fingerprint density at radius 1 is 1.28 bits per heavy atom. The maximum atomic E-state index is 13.1. The molecule has 1 aromatic carbocycles. The van der Waals surface area contributed by atoms with E-state index in [2.05, 4.69) is 20.4 Å². The molecule has 3 aromatic heterocycles. The van der Waals surface area contributed by atoms with Crippen LogP contribution in [0, 0.1) is 6.92 Å². The number of para-hydroxylation sites is 1. The average molecular weight is 425 g/mol. The predicted molar refractivity (Wildman–Crippen MR) is 113 cm³/mol. The van der Waals surface area contributed by atoms with Crippen LogP contribution < -0.4 is 10.9 Å². The summed E-state index contributed by atoms with van der Waals surface area (Å²) in [7, 11) is 0. The zero-order chi connectivity index (χ0) is 20.0. The molecule has 10 heteroatoms. The molecule has 0 spiro atoms. The lowest BCUT2D eigenvalue weighted by molar-refractivity contribution is -0.116. The Kier molecular flexibility index (Phi) is 4.44. The molecule has 0 radical (unpaired) electrons. The minimum absolute atomic E-state index is 0.162. The number of hydrogen-bond acceptors (Lipinski definition) is 7. The molecule has 8 nitrogen and oxygen atoms in total. The van der Waals surface area contributed by atoms with Gasteiger partial charge in [0, 0.05) is 17.6 Å². The van der Waals surface area contributed by atoms with Crippen molar-refractivity contribution in [3.05, 3.63) is 58.0 Å². The third-order valence-corrected chi connectivity index (χ3v) is 6.63. The average Bonchev–Trinajstić information content (AvgIpc) is 3.42. The first kappa shape index (κ1) is 18.1. The molecule has 4 heterocycles. The van der Waals surface area contributed by atoms with Crippen LogP contribution in [-0.2, 0) is 4.79 Å². The Morgan fingerprint density at radius 2 is 2.10 bits per heavy atom. The van der Waals surface area contributed by atoms with E-state index in [1.165, 1.54) is 23.1 Å². The number of aromatic nitrogens is 5. The molecule has 1 atom stereocenters.